The second kappa shape index (κ2) is 10.0. The van der Waals surface area contributed by atoms with Crippen LogP contribution in [-0.2, 0) is 11.2 Å². The molecule has 4 rings (SSSR count). The molecule has 34 heavy (non-hydrogen) atoms. The molecule has 1 aliphatic rings. The highest BCUT2D eigenvalue weighted by Crippen LogP contribution is 2.31. The van der Waals surface area contributed by atoms with Crippen LogP contribution in [0.1, 0.15) is 36.8 Å². The molecule has 0 aliphatic carbocycles. The Morgan fingerprint density at radius 1 is 1.15 bits per heavy atom. The van der Waals surface area contributed by atoms with Gasteiger partial charge in [-0.3, -0.25) is 4.79 Å². The van der Waals surface area contributed by atoms with Crippen molar-refractivity contribution in [3.63, 3.8) is 0 Å². The Labute approximate surface area is 195 Å². The van der Waals surface area contributed by atoms with E-state index in [1.165, 1.54) is 0 Å². The molecule has 0 unspecified atom stereocenters. The summed E-state index contributed by atoms with van der Waals surface area (Å²) in [5.74, 6) is 0.157. The van der Waals surface area contributed by atoms with Gasteiger partial charge in [0, 0.05) is 24.2 Å². The van der Waals surface area contributed by atoms with Crippen molar-refractivity contribution >= 4 is 22.4 Å². The summed E-state index contributed by atoms with van der Waals surface area (Å²) in [6.45, 7) is -0.00176. The summed E-state index contributed by atoms with van der Waals surface area (Å²) in [6, 6.07) is 17.0. The van der Waals surface area contributed by atoms with Crippen molar-refractivity contribution in [3.05, 3.63) is 71.4 Å². The van der Waals surface area contributed by atoms with Gasteiger partial charge in [0.15, 0.2) is 0 Å². The Bertz CT molecular complexity index is 1250. The lowest BCUT2D eigenvalue weighted by atomic mass is 9.87. The van der Waals surface area contributed by atoms with Gasteiger partial charge >= 0.3 is 6.18 Å². The zero-order valence-corrected chi connectivity index (χ0v) is 18.4. The molecule has 176 valence electrons. The zero-order valence-electron chi connectivity index (χ0n) is 18.4. The average Bonchev–Trinajstić information content (AvgIpc) is 3.28. The number of aromatic nitrogens is 1. The third kappa shape index (κ3) is 5.79. The number of hydrogen-bond acceptors (Lipinski definition) is 3. The first-order valence-electron chi connectivity index (χ1n) is 11.1. The molecule has 0 radical (unpaired) electrons. The first-order chi connectivity index (χ1) is 16.3. The average molecular weight is 467 g/mol. The molecule has 0 spiro atoms. The lowest BCUT2D eigenvalue weighted by Gasteiger charge is -2.26. The summed E-state index contributed by atoms with van der Waals surface area (Å²) < 4.78 is 42.3. The number of nitrogens with one attached hydrogen (secondary N) is 2. The van der Waals surface area contributed by atoms with Gasteiger partial charge in [-0.15, -0.1) is 0 Å². The molecule has 1 amide bonds. The molecule has 0 fully saturated rings. The van der Waals surface area contributed by atoms with Crippen molar-refractivity contribution in [1.82, 2.24) is 10.3 Å². The van der Waals surface area contributed by atoms with Crippen molar-refractivity contribution in [2.75, 3.05) is 6.61 Å². The van der Waals surface area contributed by atoms with E-state index in [0.717, 1.165) is 27.6 Å². The van der Waals surface area contributed by atoms with Crippen LogP contribution < -0.4 is 10.1 Å². The van der Waals surface area contributed by atoms with E-state index in [1.807, 2.05) is 42.6 Å². The van der Waals surface area contributed by atoms with Gasteiger partial charge < -0.3 is 15.0 Å². The molecule has 2 heterocycles. The van der Waals surface area contributed by atoms with Crippen molar-refractivity contribution < 1.29 is 22.7 Å². The minimum absolute atomic E-state index is 0.00176. The predicted molar refractivity (Wildman–Crippen MR) is 123 cm³/mol. The smallest absolute Gasteiger partial charge is 0.389 e. The van der Waals surface area contributed by atoms with Gasteiger partial charge in [-0.25, -0.2) is 0 Å². The Morgan fingerprint density at radius 2 is 2.00 bits per heavy atom. The van der Waals surface area contributed by atoms with E-state index in [0.29, 0.717) is 25.0 Å². The SMILES string of the molecule is N#CC1=C(c2ccc3[nH]ccc3c2)C[C@H](CCc2cccc(OCCCC(F)(F)F)c2)NC1=O. The molecule has 1 aromatic heterocycles. The van der Waals surface area contributed by atoms with E-state index < -0.39 is 12.6 Å². The number of ether oxygens (including phenoxy) is 1. The first-order valence-corrected chi connectivity index (χ1v) is 11.1. The van der Waals surface area contributed by atoms with Crippen molar-refractivity contribution in [3.8, 4) is 11.8 Å². The summed E-state index contributed by atoms with van der Waals surface area (Å²) in [5.41, 5.74) is 3.69. The summed E-state index contributed by atoms with van der Waals surface area (Å²) in [4.78, 5) is 15.8. The number of nitrogens with zero attached hydrogens (tertiary/aromatic N) is 1. The van der Waals surface area contributed by atoms with Gasteiger partial charge in [-0.2, -0.15) is 18.4 Å². The highest BCUT2D eigenvalue weighted by atomic mass is 19.4. The number of rotatable bonds is 8. The van der Waals surface area contributed by atoms with E-state index >= 15 is 0 Å². The van der Waals surface area contributed by atoms with Gasteiger partial charge in [0.1, 0.15) is 17.4 Å². The molecule has 8 heteroatoms. The van der Waals surface area contributed by atoms with Crippen LogP contribution in [0.3, 0.4) is 0 Å². The van der Waals surface area contributed by atoms with Gasteiger partial charge in [-0.05, 0) is 78.1 Å². The second-order valence-corrected chi connectivity index (χ2v) is 8.37. The highest BCUT2D eigenvalue weighted by molar-refractivity contribution is 6.07. The third-order valence-electron chi connectivity index (χ3n) is 5.88. The molecule has 2 aromatic carbocycles. The molecular weight excluding hydrogens is 443 g/mol. The summed E-state index contributed by atoms with van der Waals surface area (Å²) >= 11 is 0. The van der Waals surface area contributed by atoms with Gasteiger partial charge in [0.25, 0.3) is 5.91 Å². The van der Waals surface area contributed by atoms with Crippen LogP contribution in [0.2, 0.25) is 0 Å². The standard InChI is InChI=1S/C26H24F3N3O2/c27-26(28,29)10-2-12-34-21-4-1-3-17(13-21)5-7-20-15-22(23(16-30)25(33)32-20)18-6-8-24-19(14-18)9-11-31-24/h1,3-4,6,8-9,11,13-14,20,31H,2,5,7,10,12,15H2,(H,32,33)/t20-/m0/s1. The van der Waals surface area contributed by atoms with E-state index in [9.17, 15) is 23.2 Å². The normalized spacial score (nSPS) is 16.4. The number of hydrogen-bond donors (Lipinski definition) is 2. The molecule has 0 saturated heterocycles. The van der Waals surface area contributed by atoms with Crippen LogP contribution in [0.15, 0.2) is 60.3 Å². The first kappa shape index (κ1) is 23.4. The van der Waals surface area contributed by atoms with Crippen LogP contribution >= 0.6 is 0 Å². The summed E-state index contributed by atoms with van der Waals surface area (Å²) in [6.07, 6.45) is -1.45. The number of halogens is 3. The van der Waals surface area contributed by atoms with Crippen LogP contribution in [0.25, 0.3) is 16.5 Å². The minimum atomic E-state index is -4.18. The van der Waals surface area contributed by atoms with E-state index in [-0.39, 0.29) is 30.5 Å². The summed E-state index contributed by atoms with van der Waals surface area (Å²) in [7, 11) is 0. The van der Waals surface area contributed by atoms with E-state index in [2.05, 4.69) is 16.4 Å². The number of benzene rings is 2. The number of carbonyl (C=O) groups excluding carboxylic acids is 1. The Morgan fingerprint density at radius 3 is 2.79 bits per heavy atom. The van der Waals surface area contributed by atoms with Gasteiger partial charge in [0.2, 0.25) is 0 Å². The number of amides is 1. The number of nitriles is 1. The zero-order chi connectivity index (χ0) is 24.1. The molecule has 0 bridgehead atoms. The Kier molecular flexibility index (Phi) is 6.92. The lowest BCUT2D eigenvalue weighted by Crippen LogP contribution is -2.40. The van der Waals surface area contributed by atoms with Crippen molar-refractivity contribution in [2.24, 2.45) is 0 Å². The van der Waals surface area contributed by atoms with Crippen molar-refractivity contribution in [2.45, 2.75) is 44.3 Å². The summed E-state index contributed by atoms with van der Waals surface area (Å²) in [5, 5.41) is 13.5. The molecule has 1 aliphatic heterocycles. The number of fused-ring (bicyclic) bond motifs is 1. The fourth-order valence-corrected chi connectivity index (χ4v) is 4.18. The Balaban J connectivity index is 1.40. The van der Waals surface area contributed by atoms with E-state index in [1.54, 1.807) is 12.1 Å². The Hall–Kier alpha value is -3.73. The molecule has 5 nitrogen and oxygen atoms in total. The number of alkyl halides is 3. The molecule has 2 N–H and O–H groups in total. The van der Waals surface area contributed by atoms with E-state index in [4.69, 9.17) is 4.74 Å². The quantitative estimate of drug-likeness (QED) is 0.418. The maximum atomic E-state index is 12.6. The number of H-pyrrole nitrogens is 1. The van der Waals surface area contributed by atoms with Crippen molar-refractivity contribution in [1.29, 1.82) is 5.26 Å². The maximum Gasteiger partial charge on any atom is 0.389 e. The highest BCUT2D eigenvalue weighted by Gasteiger charge is 2.28. The fraction of sp³-hybridized carbons (Fsp3) is 0.308. The molecule has 0 saturated carbocycles. The maximum absolute atomic E-state index is 12.6. The van der Waals surface area contributed by atoms with Crippen LogP contribution in [0, 0.1) is 11.3 Å². The van der Waals surface area contributed by atoms with Crippen LogP contribution in [0.5, 0.6) is 5.75 Å². The third-order valence-corrected chi connectivity index (χ3v) is 5.88. The second-order valence-electron chi connectivity index (χ2n) is 8.37. The number of aryl methyl sites for hydroxylation is 1. The topological polar surface area (TPSA) is 77.9 Å². The minimum Gasteiger partial charge on any atom is -0.494 e. The van der Waals surface area contributed by atoms with Crippen LogP contribution in [-0.4, -0.2) is 29.7 Å². The van der Waals surface area contributed by atoms with Crippen LogP contribution in [0.4, 0.5) is 13.2 Å². The van der Waals surface area contributed by atoms with Gasteiger partial charge in [0.05, 0.1) is 6.61 Å². The lowest BCUT2D eigenvalue weighted by molar-refractivity contribution is -0.136. The fourth-order valence-electron chi connectivity index (χ4n) is 4.18. The molecule has 1 atom stereocenters. The number of carbonyl (C=O) groups is 1. The molecular formula is C26H24F3N3O2. The number of aromatic amines is 1. The van der Waals surface area contributed by atoms with Gasteiger partial charge in [-0.1, -0.05) is 18.2 Å². The predicted octanol–water partition coefficient (Wildman–Crippen LogP) is 5.69. The monoisotopic (exact) mass is 467 g/mol. The molecule has 3 aromatic rings. The largest absolute Gasteiger partial charge is 0.494 e.